The highest BCUT2D eigenvalue weighted by molar-refractivity contribution is 5.72. The Hall–Kier alpha value is -2.03. The molecule has 2 aromatic rings. The topological polar surface area (TPSA) is 48.1 Å². The average Bonchev–Trinajstić information content (AvgIpc) is 2.39. The highest BCUT2D eigenvalue weighted by Crippen LogP contribution is 2.35. The normalized spacial score (nSPS) is 13.9. The Morgan fingerprint density at radius 2 is 2.12 bits per heavy atom. The van der Waals surface area contributed by atoms with Gasteiger partial charge in [-0.3, -0.25) is 0 Å². The summed E-state index contributed by atoms with van der Waals surface area (Å²) in [6, 6.07) is 10.1. The minimum atomic E-state index is 0.541. The zero-order valence-electron chi connectivity index (χ0n) is 9.52. The predicted octanol–water partition coefficient (Wildman–Crippen LogP) is 2.66. The summed E-state index contributed by atoms with van der Waals surface area (Å²) in [7, 11) is 0. The van der Waals surface area contributed by atoms with Crippen LogP contribution >= 0.6 is 0 Å². The number of aromatic nitrogens is 1. The summed E-state index contributed by atoms with van der Waals surface area (Å²) in [6.07, 6.45) is 3.98. The first-order chi connectivity index (χ1) is 8.34. The highest BCUT2D eigenvalue weighted by atomic mass is 16.5. The number of benzene rings is 1. The molecular weight excluding hydrogens is 212 g/mol. The van der Waals surface area contributed by atoms with Crippen LogP contribution in [0.15, 0.2) is 36.5 Å². The Balaban J connectivity index is 2.11. The van der Waals surface area contributed by atoms with Crippen LogP contribution in [0.5, 0.6) is 5.75 Å². The number of aryl methyl sites for hydroxylation is 1. The lowest BCUT2D eigenvalue weighted by Gasteiger charge is -2.20. The van der Waals surface area contributed by atoms with Crippen LogP contribution in [0.1, 0.15) is 12.0 Å². The quantitative estimate of drug-likeness (QED) is 0.813. The number of pyridine rings is 1. The second kappa shape index (κ2) is 4.09. The third-order valence-corrected chi connectivity index (χ3v) is 3.03. The van der Waals surface area contributed by atoms with Crippen LogP contribution in [0, 0.1) is 0 Å². The number of para-hydroxylation sites is 1. The fourth-order valence-corrected chi connectivity index (χ4v) is 2.18. The molecule has 0 spiro atoms. The number of rotatable bonds is 1. The van der Waals surface area contributed by atoms with E-state index in [0.29, 0.717) is 5.82 Å². The first-order valence-corrected chi connectivity index (χ1v) is 5.81. The molecule has 0 saturated heterocycles. The van der Waals surface area contributed by atoms with E-state index in [2.05, 4.69) is 23.2 Å². The summed E-state index contributed by atoms with van der Waals surface area (Å²) in [4.78, 5) is 4.13. The Morgan fingerprint density at radius 1 is 1.18 bits per heavy atom. The van der Waals surface area contributed by atoms with Crippen molar-refractivity contribution in [3.8, 4) is 16.9 Å². The van der Waals surface area contributed by atoms with Crippen molar-refractivity contribution in [2.24, 2.45) is 0 Å². The summed E-state index contributed by atoms with van der Waals surface area (Å²) in [5.74, 6) is 1.55. The SMILES string of the molecule is Nc1ccc(-c2cccc3c2OCCC3)cn1. The molecule has 0 bridgehead atoms. The van der Waals surface area contributed by atoms with E-state index in [9.17, 15) is 0 Å². The fraction of sp³-hybridized carbons (Fsp3) is 0.214. The zero-order valence-corrected chi connectivity index (χ0v) is 9.52. The van der Waals surface area contributed by atoms with E-state index in [1.165, 1.54) is 5.56 Å². The Kier molecular flexibility index (Phi) is 2.44. The number of hydrogen-bond donors (Lipinski definition) is 1. The van der Waals surface area contributed by atoms with Gasteiger partial charge in [0.05, 0.1) is 6.61 Å². The number of ether oxygens (including phenoxy) is 1. The molecule has 1 aromatic carbocycles. The maximum absolute atomic E-state index is 5.78. The van der Waals surface area contributed by atoms with Gasteiger partial charge < -0.3 is 10.5 Å². The molecule has 0 atom stereocenters. The molecule has 2 heterocycles. The molecule has 1 aliphatic heterocycles. The molecule has 0 aliphatic carbocycles. The Bertz CT molecular complexity index is 534. The molecular formula is C14H14N2O. The van der Waals surface area contributed by atoms with Gasteiger partial charge in [0.1, 0.15) is 11.6 Å². The zero-order chi connectivity index (χ0) is 11.7. The van der Waals surface area contributed by atoms with E-state index in [1.807, 2.05) is 12.1 Å². The molecule has 3 nitrogen and oxygen atoms in total. The maximum Gasteiger partial charge on any atom is 0.130 e. The van der Waals surface area contributed by atoms with Gasteiger partial charge in [-0.1, -0.05) is 18.2 Å². The number of nitrogen functional groups attached to an aromatic ring is 1. The third kappa shape index (κ3) is 1.84. The molecule has 0 amide bonds. The molecule has 0 radical (unpaired) electrons. The van der Waals surface area contributed by atoms with E-state index in [4.69, 9.17) is 10.5 Å². The number of nitrogens with two attached hydrogens (primary N) is 1. The summed E-state index contributed by atoms with van der Waals surface area (Å²) in [5, 5.41) is 0. The first kappa shape index (κ1) is 10.1. The lowest BCUT2D eigenvalue weighted by atomic mass is 9.99. The second-order valence-electron chi connectivity index (χ2n) is 4.22. The number of fused-ring (bicyclic) bond motifs is 1. The van der Waals surface area contributed by atoms with Crippen LogP contribution in [0.25, 0.3) is 11.1 Å². The van der Waals surface area contributed by atoms with Gasteiger partial charge in [-0.05, 0) is 30.5 Å². The van der Waals surface area contributed by atoms with Crippen molar-refractivity contribution < 1.29 is 4.74 Å². The third-order valence-electron chi connectivity index (χ3n) is 3.03. The Labute approximate surface area is 100 Å². The molecule has 3 rings (SSSR count). The van der Waals surface area contributed by atoms with Crippen molar-refractivity contribution >= 4 is 5.82 Å². The summed E-state index contributed by atoms with van der Waals surface area (Å²) < 4.78 is 5.78. The maximum atomic E-state index is 5.78. The van der Waals surface area contributed by atoms with Crippen LogP contribution in [0.3, 0.4) is 0 Å². The molecule has 0 fully saturated rings. The molecule has 0 saturated carbocycles. The lowest BCUT2D eigenvalue weighted by molar-refractivity contribution is 0.289. The number of nitrogens with zero attached hydrogens (tertiary/aromatic N) is 1. The first-order valence-electron chi connectivity index (χ1n) is 5.81. The smallest absolute Gasteiger partial charge is 0.130 e. The summed E-state index contributed by atoms with van der Waals surface area (Å²) in [5.41, 5.74) is 9.04. The minimum Gasteiger partial charge on any atom is -0.493 e. The van der Waals surface area contributed by atoms with Crippen LogP contribution in [-0.2, 0) is 6.42 Å². The average molecular weight is 226 g/mol. The van der Waals surface area contributed by atoms with Crippen molar-refractivity contribution in [1.29, 1.82) is 0 Å². The van der Waals surface area contributed by atoms with E-state index in [0.717, 1.165) is 36.3 Å². The van der Waals surface area contributed by atoms with Crippen molar-refractivity contribution in [3.05, 3.63) is 42.1 Å². The molecule has 3 heteroatoms. The van der Waals surface area contributed by atoms with Gasteiger partial charge in [0.15, 0.2) is 0 Å². The van der Waals surface area contributed by atoms with Crippen molar-refractivity contribution in [2.45, 2.75) is 12.8 Å². The van der Waals surface area contributed by atoms with Crippen LogP contribution in [0.4, 0.5) is 5.82 Å². The minimum absolute atomic E-state index is 0.541. The predicted molar refractivity (Wildman–Crippen MR) is 67.9 cm³/mol. The standard InChI is InChI=1S/C14H14N2O/c15-13-7-6-11(9-16-13)12-5-1-3-10-4-2-8-17-14(10)12/h1,3,5-7,9H,2,4,8H2,(H2,15,16). The monoisotopic (exact) mass is 226 g/mol. The number of anilines is 1. The van der Waals surface area contributed by atoms with Crippen molar-refractivity contribution in [3.63, 3.8) is 0 Å². The van der Waals surface area contributed by atoms with Gasteiger partial charge in [0.2, 0.25) is 0 Å². The van der Waals surface area contributed by atoms with Gasteiger partial charge in [0.25, 0.3) is 0 Å². The summed E-state index contributed by atoms with van der Waals surface area (Å²) in [6.45, 7) is 0.798. The van der Waals surface area contributed by atoms with E-state index < -0.39 is 0 Å². The highest BCUT2D eigenvalue weighted by Gasteiger charge is 2.15. The molecule has 1 aliphatic rings. The van der Waals surface area contributed by atoms with Crippen LogP contribution in [0.2, 0.25) is 0 Å². The van der Waals surface area contributed by atoms with E-state index >= 15 is 0 Å². The largest absolute Gasteiger partial charge is 0.493 e. The van der Waals surface area contributed by atoms with Crippen molar-refractivity contribution in [1.82, 2.24) is 4.98 Å². The Morgan fingerprint density at radius 3 is 2.94 bits per heavy atom. The van der Waals surface area contributed by atoms with Gasteiger partial charge >= 0.3 is 0 Å². The van der Waals surface area contributed by atoms with E-state index in [-0.39, 0.29) is 0 Å². The van der Waals surface area contributed by atoms with Crippen molar-refractivity contribution in [2.75, 3.05) is 12.3 Å². The van der Waals surface area contributed by atoms with Gasteiger partial charge in [0, 0.05) is 17.3 Å². The fourth-order valence-electron chi connectivity index (χ4n) is 2.18. The molecule has 0 unspecified atom stereocenters. The van der Waals surface area contributed by atoms with Crippen LogP contribution in [-0.4, -0.2) is 11.6 Å². The van der Waals surface area contributed by atoms with Gasteiger partial charge in [-0.15, -0.1) is 0 Å². The van der Waals surface area contributed by atoms with Gasteiger partial charge in [-0.25, -0.2) is 4.98 Å². The summed E-state index contributed by atoms with van der Waals surface area (Å²) >= 11 is 0. The lowest BCUT2D eigenvalue weighted by Crippen LogP contribution is -2.09. The molecule has 17 heavy (non-hydrogen) atoms. The second-order valence-corrected chi connectivity index (χ2v) is 4.22. The van der Waals surface area contributed by atoms with Crippen LogP contribution < -0.4 is 10.5 Å². The van der Waals surface area contributed by atoms with E-state index in [1.54, 1.807) is 6.20 Å². The molecule has 1 aromatic heterocycles. The molecule has 86 valence electrons. The number of hydrogen-bond acceptors (Lipinski definition) is 3. The van der Waals surface area contributed by atoms with Gasteiger partial charge in [-0.2, -0.15) is 0 Å². The molecule has 2 N–H and O–H groups in total.